The molecular weight excluding hydrogens is 404 g/mol. The van der Waals surface area contributed by atoms with Crippen LogP contribution in [0.5, 0.6) is 0 Å². The van der Waals surface area contributed by atoms with Crippen molar-refractivity contribution in [2.75, 3.05) is 7.05 Å². The number of allylic oxidation sites excluding steroid dienone is 8. The van der Waals surface area contributed by atoms with Crippen LogP contribution in [0.2, 0.25) is 0 Å². The van der Waals surface area contributed by atoms with E-state index in [0.717, 1.165) is 11.3 Å². The van der Waals surface area contributed by atoms with Gasteiger partial charge < -0.3 is 10.4 Å². The smallest absolute Gasteiger partial charge is 0.345 e. The zero-order valence-corrected chi connectivity index (χ0v) is 18.9. The van der Waals surface area contributed by atoms with E-state index in [1.165, 1.54) is 23.5 Å². The fourth-order valence-electron chi connectivity index (χ4n) is 2.35. The second kappa shape index (κ2) is 13.5. The second-order valence-electron chi connectivity index (χ2n) is 6.50. The van der Waals surface area contributed by atoms with Crippen molar-refractivity contribution in [3.63, 3.8) is 0 Å². The fraction of sp³-hybridized carbons (Fsp3) is 0.292. The van der Waals surface area contributed by atoms with Crippen LogP contribution >= 0.6 is 11.3 Å². The lowest BCUT2D eigenvalue weighted by Crippen LogP contribution is -2.32. The van der Waals surface area contributed by atoms with Gasteiger partial charge in [0.2, 0.25) is 0 Å². The molecule has 0 spiro atoms. The Morgan fingerprint density at radius 3 is 2.37 bits per heavy atom. The average Bonchev–Trinajstić information content (AvgIpc) is 3.20. The number of nitrogens with one attached hydrogen (secondary N) is 1. The molecule has 164 valence electrons. The number of carboxylic acid groups (broad SMARTS) is 1. The maximum Gasteiger partial charge on any atom is 0.345 e. The summed E-state index contributed by atoms with van der Waals surface area (Å²) in [7, 11) is 1.68. The van der Waals surface area contributed by atoms with Crippen molar-refractivity contribution in [2.24, 2.45) is 5.41 Å². The summed E-state index contributed by atoms with van der Waals surface area (Å²) in [5, 5.41) is 11.4. The normalized spacial score (nSPS) is 14.5. The number of halogens is 2. The van der Waals surface area contributed by atoms with E-state index in [4.69, 9.17) is 5.11 Å². The zero-order valence-electron chi connectivity index (χ0n) is 18.0. The molecule has 1 aromatic heterocycles. The maximum absolute atomic E-state index is 14.1. The van der Waals surface area contributed by atoms with Gasteiger partial charge in [0.1, 0.15) is 16.9 Å². The molecule has 1 heterocycles. The molecule has 0 amide bonds. The van der Waals surface area contributed by atoms with Crippen molar-refractivity contribution in [3.05, 3.63) is 95.2 Å². The molecule has 0 fully saturated rings. The Hall–Kier alpha value is -2.73. The molecule has 0 aliphatic rings. The Balaban J connectivity index is 0.000000696. The largest absolute Gasteiger partial charge is 0.477 e. The van der Waals surface area contributed by atoms with Crippen LogP contribution in [0.1, 0.15) is 35.3 Å². The number of rotatable bonds is 10. The van der Waals surface area contributed by atoms with Gasteiger partial charge in [0.25, 0.3) is 0 Å². The van der Waals surface area contributed by atoms with Crippen molar-refractivity contribution < 1.29 is 18.7 Å². The quantitative estimate of drug-likeness (QED) is 0.314. The van der Waals surface area contributed by atoms with Crippen molar-refractivity contribution in [1.29, 1.82) is 0 Å². The van der Waals surface area contributed by atoms with E-state index in [9.17, 15) is 13.6 Å². The van der Waals surface area contributed by atoms with Crippen molar-refractivity contribution >= 4 is 17.3 Å². The first-order valence-electron chi connectivity index (χ1n) is 9.39. The molecule has 0 saturated heterocycles. The fourth-order valence-corrected chi connectivity index (χ4v) is 3.14. The summed E-state index contributed by atoms with van der Waals surface area (Å²) in [6.45, 7) is 16.0. The van der Waals surface area contributed by atoms with Crippen LogP contribution in [0.4, 0.5) is 8.78 Å². The molecule has 6 heteroatoms. The van der Waals surface area contributed by atoms with Gasteiger partial charge in [-0.15, -0.1) is 17.9 Å². The van der Waals surface area contributed by atoms with Gasteiger partial charge in [0, 0.05) is 17.6 Å². The van der Waals surface area contributed by atoms with Crippen LogP contribution in [-0.2, 0) is 6.42 Å². The molecule has 0 aromatic carbocycles. The Labute approximate surface area is 182 Å². The van der Waals surface area contributed by atoms with Crippen LogP contribution in [0.3, 0.4) is 0 Å². The van der Waals surface area contributed by atoms with E-state index in [1.54, 1.807) is 44.3 Å². The van der Waals surface area contributed by atoms with Crippen LogP contribution < -0.4 is 5.32 Å². The molecule has 2 atom stereocenters. The van der Waals surface area contributed by atoms with Crippen LogP contribution in [0.15, 0.2) is 85.4 Å². The van der Waals surface area contributed by atoms with Crippen LogP contribution in [-0.4, -0.2) is 24.3 Å². The van der Waals surface area contributed by atoms with Crippen molar-refractivity contribution in [1.82, 2.24) is 5.32 Å². The highest BCUT2D eigenvalue weighted by atomic mass is 32.1. The SMILES string of the molecule is C=CC(F)C(C)(/C=C/C(/C=C\C)=C/C(=C)F)C(=C)NC.CCc1ccc(C(=O)O)s1. The van der Waals surface area contributed by atoms with Gasteiger partial charge in [-0.05, 0) is 44.1 Å². The predicted octanol–water partition coefficient (Wildman–Crippen LogP) is 6.80. The lowest BCUT2D eigenvalue weighted by atomic mass is 9.81. The number of thiophene rings is 1. The maximum atomic E-state index is 14.1. The zero-order chi connectivity index (χ0) is 23.3. The summed E-state index contributed by atoms with van der Waals surface area (Å²) >= 11 is 1.34. The van der Waals surface area contributed by atoms with Gasteiger partial charge >= 0.3 is 5.97 Å². The Bertz CT molecular complexity index is 836. The van der Waals surface area contributed by atoms with Gasteiger partial charge in [-0.1, -0.05) is 50.5 Å². The third-order valence-corrected chi connectivity index (χ3v) is 5.47. The Morgan fingerprint density at radius 2 is 2.00 bits per heavy atom. The molecule has 0 bridgehead atoms. The highest BCUT2D eigenvalue weighted by Crippen LogP contribution is 2.33. The summed E-state index contributed by atoms with van der Waals surface area (Å²) in [6, 6.07) is 3.50. The number of aryl methyl sites for hydroxylation is 1. The van der Waals surface area contributed by atoms with Crippen molar-refractivity contribution in [3.8, 4) is 0 Å². The third kappa shape index (κ3) is 8.74. The van der Waals surface area contributed by atoms with Gasteiger partial charge in [-0.25, -0.2) is 13.6 Å². The number of aromatic carboxylic acids is 1. The predicted molar refractivity (Wildman–Crippen MR) is 124 cm³/mol. The van der Waals surface area contributed by atoms with Gasteiger partial charge in [-0.3, -0.25) is 0 Å². The van der Waals surface area contributed by atoms with E-state index in [0.29, 0.717) is 16.1 Å². The van der Waals surface area contributed by atoms with Gasteiger partial charge in [0.15, 0.2) is 0 Å². The molecule has 2 N–H and O–H groups in total. The number of hydrogen-bond acceptors (Lipinski definition) is 3. The molecule has 30 heavy (non-hydrogen) atoms. The molecule has 3 nitrogen and oxygen atoms in total. The number of alkyl halides is 1. The molecular formula is C24H31F2NO2S. The molecule has 0 saturated carbocycles. The summed E-state index contributed by atoms with van der Waals surface area (Å²) in [5.74, 6) is -1.39. The standard InChI is InChI=1S/C17H23F2N.C7H8O2S/c1-7-9-15(12-13(3)18)10-11-17(5,14(4)20-6)16(19)8-2;1-2-5-3-4-6(10-5)7(8)9/h7-12,16,20H,2-4H2,1,5-6H3;3-4H,2H2,1H3,(H,8,9)/b9-7-,11-10+,15-12+;. The monoisotopic (exact) mass is 435 g/mol. The number of hydrogen-bond donors (Lipinski definition) is 2. The van der Waals surface area contributed by atoms with E-state index in [-0.39, 0.29) is 0 Å². The Kier molecular flexibility index (Phi) is 12.3. The van der Waals surface area contributed by atoms with E-state index >= 15 is 0 Å². The summed E-state index contributed by atoms with van der Waals surface area (Å²) in [5.41, 5.74) is 0.140. The van der Waals surface area contributed by atoms with Gasteiger partial charge in [0.05, 0.1) is 5.41 Å². The molecule has 2 unspecified atom stereocenters. The topological polar surface area (TPSA) is 49.3 Å². The molecule has 0 radical (unpaired) electrons. The summed E-state index contributed by atoms with van der Waals surface area (Å²) in [6.07, 6.45) is 8.88. The van der Waals surface area contributed by atoms with Crippen LogP contribution in [0.25, 0.3) is 0 Å². The van der Waals surface area contributed by atoms with E-state index < -0.39 is 23.4 Å². The first kappa shape index (κ1) is 27.3. The van der Waals surface area contributed by atoms with E-state index in [2.05, 4.69) is 25.1 Å². The number of carbonyl (C=O) groups is 1. The lowest BCUT2D eigenvalue weighted by Gasteiger charge is -2.30. The minimum Gasteiger partial charge on any atom is -0.477 e. The molecule has 1 aromatic rings. The molecule has 0 aliphatic carbocycles. The van der Waals surface area contributed by atoms with Crippen LogP contribution in [0, 0.1) is 5.41 Å². The summed E-state index contributed by atoms with van der Waals surface area (Å²) < 4.78 is 27.0. The average molecular weight is 436 g/mol. The highest BCUT2D eigenvalue weighted by Gasteiger charge is 2.32. The van der Waals surface area contributed by atoms with E-state index in [1.807, 2.05) is 19.9 Å². The highest BCUT2D eigenvalue weighted by molar-refractivity contribution is 7.13. The summed E-state index contributed by atoms with van der Waals surface area (Å²) in [4.78, 5) is 11.9. The number of carboxylic acids is 1. The minimum atomic E-state index is -1.31. The molecule has 0 aliphatic heterocycles. The third-order valence-electron chi connectivity index (χ3n) is 4.26. The first-order valence-corrected chi connectivity index (χ1v) is 10.2. The Morgan fingerprint density at radius 1 is 1.37 bits per heavy atom. The lowest BCUT2D eigenvalue weighted by molar-refractivity contribution is 0.0702. The molecule has 1 rings (SSSR count). The van der Waals surface area contributed by atoms with Crippen molar-refractivity contribution in [2.45, 2.75) is 33.4 Å². The van der Waals surface area contributed by atoms with Gasteiger partial charge in [-0.2, -0.15) is 0 Å². The second-order valence-corrected chi connectivity index (χ2v) is 7.67. The minimum absolute atomic E-state index is 0.428. The first-order chi connectivity index (χ1) is 14.0.